The van der Waals surface area contributed by atoms with Crippen molar-refractivity contribution in [3.8, 4) is 11.5 Å². The number of sulfonamides is 1. The van der Waals surface area contributed by atoms with Gasteiger partial charge in [0.2, 0.25) is 10.0 Å². The molecule has 1 fully saturated rings. The minimum Gasteiger partial charge on any atom is -0.495 e. The van der Waals surface area contributed by atoms with Gasteiger partial charge in [0, 0.05) is 31.2 Å². The summed E-state index contributed by atoms with van der Waals surface area (Å²) in [6.07, 6.45) is 0.192. The van der Waals surface area contributed by atoms with Gasteiger partial charge in [0.05, 0.1) is 31.3 Å². The minimum absolute atomic E-state index is 0.0856. The predicted octanol–water partition coefficient (Wildman–Crippen LogP) is 2.22. The summed E-state index contributed by atoms with van der Waals surface area (Å²) >= 11 is 6.03. The molecule has 0 spiro atoms. The Hall–Kier alpha value is -2.65. The summed E-state index contributed by atoms with van der Waals surface area (Å²) < 4.78 is 37.2. The standard InChI is InChI=1S/C21H24ClN3O5S/c1-29-18-6-4-3-5-16(18)23-9-11-24(12-10-23)21(26)20-14-25(31(2,27)28)17-13-15(22)7-8-19(17)30-20/h3-8,13,20H,9-12,14H2,1-2H3. The summed E-state index contributed by atoms with van der Waals surface area (Å²) in [5, 5.41) is 0.397. The van der Waals surface area contributed by atoms with Crippen LogP contribution in [0, 0.1) is 0 Å². The lowest BCUT2D eigenvalue weighted by molar-refractivity contribution is -0.138. The first-order chi connectivity index (χ1) is 14.8. The highest BCUT2D eigenvalue weighted by Crippen LogP contribution is 2.37. The number of hydrogen-bond donors (Lipinski definition) is 0. The van der Waals surface area contributed by atoms with E-state index in [0.29, 0.717) is 42.6 Å². The summed E-state index contributed by atoms with van der Waals surface area (Å²) in [5.41, 5.74) is 1.33. The van der Waals surface area contributed by atoms with E-state index in [2.05, 4.69) is 4.90 Å². The highest BCUT2D eigenvalue weighted by atomic mass is 35.5. The molecule has 2 aromatic carbocycles. The summed E-state index contributed by atoms with van der Waals surface area (Å²) in [5.74, 6) is 0.887. The number of benzene rings is 2. The Morgan fingerprint density at radius 3 is 2.48 bits per heavy atom. The van der Waals surface area contributed by atoms with E-state index in [-0.39, 0.29) is 12.5 Å². The lowest BCUT2D eigenvalue weighted by Crippen LogP contribution is -2.56. The molecule has 0 radical (unpaired) electrons. The zero-order valence-corrected chi connectivity index (χ0v) is 18.9. The third-order valence-corrected chi connectivity index (χ3v) is 6.87. The van der Waals surface area contributed by atoms with Crippen LogP contribution in [0.1, 0.15) is 0 Å². The number of para-hydroxylation sites is 2. The maximum absolute atomic E-state index is 13.2. The number of piperazine rings is 1. The van der Waals surface area contributed by atoms with E-state index in [1.165, 1.54) is 10.4 Å². The van der Waals surface area contributed by atoms with Gasteiger partial charge in [-0.25, -0.2) is 8.42 Å². The molecule has 2 aliphatic heterocycles. The van der Waals surface area contributed by atoms with Gasteiger partial charge in [-0.1, -0.05) is 23.7 Å². The molecule has 31 heavy (non-hydrogen) atoms. The van der Waals surface area contributed by atoms with Gasteiger partial charge in [-0.15, -0.1) is 0 Å². The van der Waals surface area contributed by atoms with Crippen LogP contribution in [0.5, 0.6) is 11.5 Å². The number of ether oxygens (including phenoxy) is 2. The van der Waals surface area contributed by atoms with Crippen molar-refractivity contribution in [2.45, 2.75) is 6.10 Å². The Morgan fingerprint density at radius 1 is 1.10 bits per heavy atom. The average Bonchev–Trinajstić information content (AvgIpc) is 2.77. The second-order valence-corrected chi connectivity index (χ2v) is 9.84. The highest BCUT2D eigenvalue weighted by Gasteiger charge is 2.38. The van der Waals surface area contributed by atoms with Crippen LogP contribution in [0.3, 0.4) is 0 Å². The maximum Gasteiger partial charge on any atom is 0.265 e. The number of amides is 1. The van der Waals surface area contributed by atoms with E-state index >= 15 is 0 Å². The molecule has 0 aliphatic carbocycles. The fraction of sp³-hybridized carbons (Fsp3) is 0.381. The number of fused-ring (bicyclic) bond motifs is 1. The molecule has 4 rings (SSSR count). The number of carbonyl (C=O) groups is 1. The molecule has 0 saturated carbocycles. The number of anilines is 2. The largest absolute Gasteiger partial charge is 0.495 e. The van der Waals surface area contributed by atoms with Crippen LogP contribution in [0.4, 0.5) is 11.4 Å². The third kappa shape index (κ3) is 4.38. The van der Waals surface area contributed by atoms with Crippen LogP contribution in [0.15, 0.2) is 42.5 Å². The number of halogens is 1. The fourth-order valence-electron chi connectivity index (χ4n) is 3.93. The molecule has 2 aromatic rings. The topological polar surface area (TPSA) is 79.4 Å². The van der Waals surface area contributed by atoms with Gasteiger partial charge in [0.25, 0.3) is 5.91 Å². The molecule has 2 aliphatic rings. The molecule has 2 heterocycles. The Bertz CT molecular complexity index is 1090. The van der Waals surface area contributed by atoms with E-state index in [9.17, 15) is 13.2 Å². The summed E-state index contributed by atoms with van der Waals surface area (Å²) in [6, 6.07) is 12.5. The Balaban J connectivity index is 1.48. The Kier molecular flexibility index (Phi) is 5.90. The number of methoxy groups -OCH3 is 1. The third-order valence-electron chi connectivity index (χ3n) is 5.48. The zero-order valence-electron chi connectivity index (χ0n) is 17.3. The van der Waals surface area contributed by atoms with Crippen molar-refractivity contribution in [2.24, 2.45) is 0 Å². The Labute approximate surface area is 186 Å². The first-order valence-electron chi connectivity index (χ1n) is 9.88. The van der Waals surface area contributed by atoms with Crippen molar-refractivity contribution in [3.05, 3.63) is 47.5 Å². The van der Waals surface area contributed by atoms with Crippen LogP contribution >= 0.6 is 11.6 Å². The van der Waals surface area contributed by atoms with Crippen molar-refractivity contribution in [1.82, 2.24) is 4.90 Å². The van der Waals surface area contributed by atoms with Crippen molar-refractivity contribution >= 4 is 38.9 Å². The molecule has 1 atom stereocenters. The highest BCUT2D eigenvalue weighted by molar-refractivity contribution is 7.92. The minimum atomic E-state index is -3.60. The number of carbonyl (C=O) groups excluding carboxylic acids is 1. The predicted molar refractivity (Wildman–Crippen MR) is 120 cm³/mol. The second-order valence-electron chi connectivity index (χ2n) is 7.50. The van der Waals surface area contributed by atoms with Gasteiger partial charge in [-0.05, 0) is 30.3 Å². The fourth-order valence-corrected chi connectivity index (χ4v) is 5.00. The van der Waals surface area contributed by atoms with Gasteiger partial charge in [0.15, 0.2) is 6.10 Å². The summed E-state index contributed by atoms with van der Waals surface area (Å²) in [6.45, 7) is 2.20. The van der Waals surface area contributed by atoms with Crippen molar-refractivity contribution < 1.29 is 22.7 Å². The first kappa shape index (κ1) is 21.6. The molecule has 1 saturated heterocycles. The average molecular weight is 466 g/mol. The Morgan fingerprint density at radius 2 is 1.81 bits per heavy atom. The van der Waals surface area contributed by atoms with E-state index < -0.39 is 16.1 Å². The molecular weight excluding hydrogens is 442 g/mol. The lowest BCUT2D eigenvalue weighted by Gasteiger charge is -2.40. The molecule has 10 heteroatoms. The molecule has 1 unspecified atom stereocenters. The van der Waals surface area contributed by atoms with Gasteiger partial charge in [-0.3, -0.25) is 9.10 Å². The zero-order chi connectivity index (χ0) is 22.2. The van der Waals surface area contributed by atoms with Crippen molar-refractivity contribution in [1.29, 1.82) is 0 Å². The quantitative estimate of drug-likeness (QED) is 0.689. The van der Waals surface area contributed by atoms with E-state index in [0.717, 1.165) is 17.7 Å². The number of rotatable bonds is 4. The summed E-state index contributed by atoms with van der Waals surface area (Å²) in [7, 11) is -1.97. The van der Waals surface area contributed by atoms with E-state index in [4.69, 9.17) is 21.1 Å². The lowest BCUT2D eigenvalue weighted by atomic mass is 10.2. The molecule has 166 valence electrons. The van der Waals surface area contributed by atoms with E-state index in [1.807, 2.05) is 24.3 Å². The van der Waals surface area contributed by atoms with Crippen molar-refractivity contribution in [3.63, 3.8) is 0 Å². The SMILES string of the molecule is COc1ccccc1N1CCN(C(=O)C2CN(S(C)(=O)=O)c3cc(Cl)ccc3O2)CC1. The van der Waals surface area contributed by atoms with Crippen LogP contribution in [0.25, 0.3) is 0 Å². The molecule has 0 aromatic heterocycles. The molecule has 0 N–H and O–H groups in total. The summed E-state index contributed by atoms with van der Waals surface area (Å²) in [4.78, 5) is 17.1. The molecule has 0 bridgehead atoms. The molecular formula is C21H24ClN3O5S. The first-order valence-corrected chi connectivity index (χ1v) is 12.1. The van der Waals surface area contributed by atoms with Gasteiger partial charge >= 0.3 is 0 Å². The van der Waals surface area contributed by atoms with Crippen LogP contribution in [-0.4, -0.2) is 71.4 Å². The second kappa shape index (κ2) is 8.47. The van der Waals surface area contributed by atoms with Crippen molar-refractivity contribution in [2.75, 3.05) is 55.3 Å². The van der Waals surface area contributed by atoms with Gasteiger partial charge in [-0.2, -0.15) is 0 Å². The van der Waals surface area contributed by atoms with Crippen LogP contribution < -0.4 is 18.7 Å². The van der Waals surface area contributed by atoms with Gasteiger partial charge < -0.3 is 19.3 Å². The molecule has 8 nitrogen and oxygen atoms in total. The van der Waals surface area contributed by atoms with E-state index in [1.54, 1.807) is 24.1 Å². The monoisotopic (exact) mass is 465 g/mol. The number of hydrogen-bond acceptors (Lipinski definition) is 6. The van der Waals surface area contributed by atoms with Crippen LogP contribution in [-0.2, 0) is 14.8 Å². The maximum atomic E-state index is 13.2. The number of nitrogens with zero attached hydrogens (tertiary/aromatic N) is 3. The molecule has 1 amide bonds. The normalized spacial score (nSPS) is 18.9. The van der Waals surface area contributed by atoms with Crippen LogP contribution in [0.2, 0.25) is 5.02 Å². The smallest absolute Gasteiger partial charge is 0.265 e. The van der Waals surface area contributed by atoms with Gasteiger partial charge in [0.1, 0.15) is 11.5 Å².